The van der Waals surface area contributed by atoms with Crippen molar-refractivity contribution in [3.63, 3.8) is 0 Å². The zero-order chi connectivity index (χ0) is 14.5. The molecule has 0 unspecified atom stereocenters. The molecule has 1 heterocycles. The number of hydrogen-bond acceptors (Lipinski definition) is 5. The maximum absolute atomic E-state index is 12.6. The molecule has 1 aliphatic heterocycles. The summed E-state index contributed by atoms with van der Waals surface area (Å²) in [5.74, 6) is 0.0283. The molecule has 7 heteroatoms. The summed E-state index contributed by atoms with van der Waals surface area (Å²) in [7, 11) is -6.48. The number of hydrogen-bond donors (Lipinski definition) is 0. The summed E-state index contributed by atoms with van der Waals surface area (Å²) < 4.78 is 55.3. The van der Waals surface area contributed by atoms with Gasteiger partial charge in [0.15, 0.2) is 0 Å². The third-order valence-electron chi connectivity index (χ3n) is 3.15. The van der Waals surface area contributed by atoms with Crippen LogP contribution in [0.4, 0.5) is 0 Å². The van der Waals surface area contributed by atoms with Gasteiger partial charge in [-0.05, 0) is 24.3 Å². The molecule has 0 saturated heterocycles. The zero-order valence-electron chi connectivity index (χ0n) is 10.4. The molecule has 2 aromatic rings. The first-order valence-corrected chi connectivity index (χ1v) is 8.63. The lowest BCUT2D eigenvalue weighted by Crippen LogP contribution is -2.20. The highest BCUT2D eigenvalue weighted by atomic mass is 32.2. The molecule has 1 aliphatic rings. The van der Waals surface area contributed by atoms with Crippen LogP contribution in [0.1, 0.15) is 0 Å². The minimum absolute atomic E-state index is 0.0283. The smallest absolute Gasteiger partial charge is 0.212 e. The Hall–Kier alpha value is -1.86. The van der Waals surface area contributed by atoms with Crippen molar-refractivity contribution in [2.75, 3.05) is 7.11 Å². The molecule has 0 atom stereocenters. The van der Waals surface area contributed by atoms with Crippen LogP contribution in [0.5, 0.6) is 5.75 Å². The quantitative estimate of drug-likeness (QED) is 0.683. The Labute approximate surface area is 116 Å². The van der Waals surface area contributed by atoms with Crippen molar-refractivity contribution in [3.8, 4) is 5.75 Å². The Bertz CT molecular complexity index is 912. The van der Waals surface area contributed by atoms with Gasteiger partial charge in [0.05, 0.1) is 21.8 Å². The van der Waals surface area contributed by atoms with Gasteiger partial charge in [-0.25, -0.2) is 16.8 Å². The number of methoxy groups -OCH3 is 1. The number of sulfone groups is 2. The highest BCUT2D eigenvalue weighted by Gasteiger charge is 2.40. The Balaban J connectivity index is 2.56. The van der Waals surface area contributed by atoms with E-state index in [1.54, 1.807) is 0 Å². The number of ether oxygens (including phenoxy) is 1. The molecule has 5 nitrogen and oxygen atoms in total. The summed E-state index contributed by atoms with van der Waals surface area (Å²) in [5.41, 5.74) is 0. The van der Waals surface area contributed by atoms with Crippen molar-refractivity contribution in [1.29, 1.82) is 0 Å². The minimum atomic E-state index is -3.92. The van der Waals surface area contributed by atoms with Crippen LogP contribution in [0.25, 0.3) is 0 Å². The molecular weight excluding hydrogens is 300 g/mol. The molecule has 0 spiro atoms. The van der Waals surface area contributed by atoms with E-state index >= 15 is 0 Å². The highest BCUT2D eigenvalue weighted by molar-refractivity contribution is 7.97. The fraction of sp³-hybridized carbons (Fsp3) is 0.0769. The Kier molecular flexibility index (Phi) is 2.67. The third kappa shape index (κ3) is 1.53. The van der Waals surface area contributed by atoms with E-state index in [9.17, 15) is 16.8 Å². The van der Waals surface area contributed by atoms with Gasteiger partial charge < -0.3 is 4.74 Å². The van der Waals surface area contributed by atoms with Gasteiger partial charge in [0.2, 0.25) is 19.7 Å². The van der Waals surface area contributed by atoms with Crippen LogP contribution in [-0.2, 0) is 19.7 Å². The van der Waals surface area contributed by atoms with Crippen LogP contribution >= 0.6 is 0 Å². The lowest BCUT2D eigenvalue weighted by Gasteiger charge is -2.21. The fourth-order valence-electron chi connectivity index (χ4n) is 2.26. The van der Waals surface area contributed by atoms with Crippen LogP contribution in [0, 0.1) is 0 Å². The average molecular weight is 310 g/mol. The van der Waals surface area contributed by atoms with Crippen LogP contribution < -0.4 is 4.74 Å². The van der Waals surface area contributed by atoms with E-state index in [0.29, 0.717) is 0 Å². The van der Waals surface area contributed by atoms with Gasteiger partial charge in [-0.15, -0.1) is 0 Å². The summed E-state index contributed by atoms with van der Waals surface area (Å²) in [5, 5.41) is 0. The van der Waals surface area contributed by atoms with E-state index in [2.05, 4.69) is 0 Å². The van der Waals surface area contributed by atoms with Gasteiger partial charge in [0, 0.05) is 0 Å². The molecule has 0 saturated carbocycles. The number of fused-ring (bicyclic) bond motifs is 2. The van der Waals surface area contributed by atoms with E-state index in [4.69, 9.17) is 4.74 Å². The lowest BCUT2D eigenvalue weighted by molar-refractivity contribution is 0.399. The second kappa shape index (κ2) is 4.07. The molecule has 0 fully saturated rings. The molecule has 0 aliphatic carbocycles. The SMILES string of the molecule is COc1cccc2c1S(=O)(=O)c1ccccc1S2(=O)=O. The first-order chi connectivity index (χ1) is 9.40. The van der Waals surface area contributed by atoms with Crippen LogP contribution in [0.3, 0.4) is 0 Å². The van der Waals surface area contributed by atoms with Crippen molar-refractivity contribution in [1.82, 2.24) is 0 Å². The van der Waals surface area contributed by atoms with E-state index in [1.165, 1.54) is 49.6 Å². The molecule has 2 aromatic carbocycles. The molecule has 104 valence electrons. The summed E-state index contributed by atoms with van der Waals surface area (Å²) >= 11 is 0. The Morgan fingerprint density at radius 2 is 1.30 bits per heavy atom. The lowest BCUT2D eigenvalue weighted by atomic mass is 10.3. The van der Waals surface area contributed by atoms with E-state index in [0.717, 1.165) is 0 Å². The van der Waals surface area contributed by atoms with E-state index in [-0.39, 0.29) is 25.3 Å². The van der Waals surface area contributed by atoms with Crippen molar-refractivity contribution in [2.24, 2.45) is 0 Å². The summed E-state index contributed by atoms with van der Waals surface area (Å²) in [6.45, 7) is 0. The highest BCUT2D eigenvalue weighted by Crippen LogP contribution is 2.43. The first kappa shape index (κ1) is 13.1. The first-order valence-electron chi connectivity index (χ1n) is 5.67. The largest absolute Gasteiger partial charge is 0.495 e. The van der Waals surface area contributed by atoms with E-state index in [1.807, 2.05) is 0 Å². The van der Waals surface area contributed by atoms with Gasteiger partial charge in [-0.2, -0.15) is 0 Å². The summed E-state index contributed by atoms with van der Waals surface area (Å²) in [6.07, 6.45) is 0. The molecule has 0 N–H and O–H groups in total. The van der Waals surface area contributed by atoms with Gasteiger partial charge >= 0.3 is 0 Å². The number of rotatable bonds is 1. The molecule has 0 amide bonds. The fourth-order valence-corrected chi connectivity index (χ4v) is 6.56. The van der Waals surface area contributed by atoms with Crippen molar-refractivity contribution in [3.05, 3.63) is 42.5 Å². The molecule has 0 bridgehead atoms. The average Bonchev–Trinajstić information content (AvgIpc) is 2.45. The second-order valence-electron chi connectivity index (χ2n) is 4.24. The molecule has 20 heavy (non-hydrogen) atoms. The maximum atomic E-state index is 12.6. The normalized spacial score (nSPS) is 17.9. The van der Waals surface area contributed by atoms with Gasteiger partial charge in [0.1, 0.15) is 10.6 Å². The summed E-state index contributed by atoms with van der Waals surface area (Å²) in [6, 6.07) is 9.74. The topological polar surface area (TPSA) is 77.5 Å². The van der Waals surface area contributed by atoms with Gasteiger partial charge in [0.25, 0.3) is 0 Å². The summed E-state index contributed by atoms with van der Waals surface area (Å²) in [4.78, 5) is -0.936. The number of benzene rings is 2. The molecule has 0 aromatic heterocycles. The van der Waals surface area contributed by atoms with Crippen LogP contribution in [0.2, 0.25) is 0 Å². The Morgan fingerprint density at radius 1 is 0.750 bits per heavy atom. The zero-order valence-corrected chi connectivity index (χ0v) is 12.0. The minimum Gasteiger partial charge on any atom is -0.495 e. The molecule has 3 rings (SSSR count). The maximum Gasteiger partial charge on any atom is 0.212 e. The van der Waals surface area contributed by atoms with E-state index < -0.39 is 19.7 Å². The predicted molar refractivity (Wildman–Crippen MR) is 70.3 cm³/mol. The second-order valence-corrected chi connectivity index (χ2v) is 7.98. The predicted octanol–water partition coefficient (Wildman–Crippen LogP) is 1.67. The van der Waals surface area contributed by atoms with Crippen LogP contribution in [0.15, 0.2) is 62.0 Å². The van der Waals surface area contributed by atoms with Crippen molar-refractivity contribution < 1.29 is 21.6 Å². The van der Waals surface area contributed by atoms with Gasteiger partial charge in [-0.3, -0.25) is 0 Å². The standard InChI is InChI=1S/C13H10O5S2/c1-18-9-5-4-8-12-13(9)20(16,17)11-7-3-2-6-10(11)19(12,14)15/h2-8H,1H3. The third-order valence-corrected chi connectivity index (χ3v) is 7.16. The monoisotopic (exact) mass is 310 g/mol. The van der Waals surface area contributed by atoms with Crippen molar-refractivity contribution >= 4 is 19.7 Å². The van der Waals surface area contributed by atoms with Crippen molar-refractivity contribution in [2.45, 2.75) is 19.6 Å². The van der Waals surface area contributed by atoms with Crippen LogP contribution in [-0.4, -0.2) is 23.9 Å². The molecular formula is C13H10O5S2. The Morgan fingerprint density at radius 3 is 1.90 bits per heavy atom. The van der Waals surface area contributed by atoms with Gasteiger partial charge in [-0.1, -0.05) is 18.2 Å². The molecule has 0 radical (unpaired) electrons.